The first-order chi connectivity index (χ1) is 11.8. The second-order valence-corrected chi connectivity index (χ2v) is 6.31. The van der Waals surface area contributed by atoms with Crippen LogP contribution in [0.15, 0.2) is 22.6 Å². The van der Waals surface area contributed by atoms with Crippen LogP contribution in [0.25, 0.3) is 11.0 Å². The van der Waals surface area contributed by atoms with Gasteiger partial charge in [0.2, 0.25) is 5.76 Å². The molecule has 0 atom stereocenters. The van der Waals surface area contributed by atoms with E-state index in [2.05, 4.69) is 5.32 Å². The molecule has 9 heteroatoms. The number of hydrogen-bond donors (Lipinski definition) is 1. The van der Waals surface area contributed by atoms with E-state index in [-0.39, 0.29) is 55.3 Å². The Bertz CT molecular complexity index is 842. The second kappa shape index (κ2) is 5.35. The zero-order valence-corrected chi connectivity index (χ0v) is 13.0. The van der Waals surface area contributed by atoms with Crippen molar-refractivity contribution in [2.24, 2.45) is 0 Å². The monoisotopic (exact) mass is 358 g/mol. The van der Waals surface area contributed by atoms with Crippen LogP contribution >= 0.6 is 0 Å². The summed E-state index contributed by atoms with van der Waals surface area (Å²) in [6.07, 6.45) is -4.53. The quantitative estimate of drug-likeness (QED) is 0.839. The van der Waals surface area contributed by atoms with Crippen molar-refractivity contribution >= 4 is 22.6 Å². The lowest BCUT2D eigenvalue weighted by Gasteiger charge is -2.38. The van der Waals surface area contributed by atoms with Crippen molar-refractivity contribution in [1.29, 1.82) is 0 Å². The number of fused-ring (bicyclic) bond motifs is 3. The van der Waals surface area contributed by atoms with Crippen molar-refractivity contribution in [3.63, 3.8) is 0 Å². The van der Waals surface area contributed by atoms with Gasteiger partial charge in [-0.1, -0.05) is 0 Å². The Labute approximate surface area is 139 Å². The third kappa shape index (κ3) is 2.72. The van der Waals surface area contributed by atoms with Gasteiger partial charge in [0.15, 0.2) is 5.67 Å². The number of halogens is 4. The summed E-state index contributed by atoms with van der Waals surface area (Å²) in [5, 5.41) is 2.75. The smallest absolute Gasteiger partial charge is 0.416 e. The number of alkyl halides is 4. The summed E-state index contributed by atoms with van der Waals surface area (Å²) < 4.78 is 64.0. The third-order valence-electron chi connectivity index (χ3n) is 4.37. The number of hydrogen-bond acceptors (Lipinski definition) is 4. The second-order valence-electron chi connectivity index (χ2n) is 6.31. The summed E-state index contributed by atoms with van der Waals surface area (Å²) >= 11 is 0. The first kappa shape index (κ1) is 16.2. The highest BCUT2D eigenvalue weighted by Crippen LogP contribution is 2.40. The first-order valence-electron chi connectivity index (χ1n) is 7.70. The average Bonchev–Trinajstić information content (AvgIpc) is 2.83. The van der Waals surface area contributed by atoms with Crippen LogP contribution in [0.4, 0.5) is 23.2 Å². The summed E-state index contributed by atoms with van der Waals surface area (Å²) in [5.74, 6) is -0.629. The van der Waals surface area contributed by atoms with Gasteiger partial charge in [-0.2, -0.15) is 13.2 Å². The molecule has 0 unspecified atom stereocenters. The Morgan fingerprint density at radius 3 is 2.68 bits per heavy atom. The highest BCUT2D eigenvalue weighted by Gasteiger charge is 2.42. The molecule has 5 nitrogen and oxygen atoms in total. The Balaban J connectivity index is 1.85. The average molecular weight is 358 g/mol. The van der Waals surface area contributed by atoms with Crippen molar-refractivity contribution in [3.05, 3.63) is 29.5 Å². The van der Waals surface area contributed by atoms with Gasteiger partial charge in [-0.3, -0.25) is 4.79 Å². The molecule has 1 aromatic carbocycles. The van der Waals surface area contributed by atoms with Crippen LogP contribution in [0.5, 0.6) is 0 Å². The predicted molar refractivity (Wildman–Crippen MR) is 80.4 cm³/mol. The fourth-order valence-corrected chi connectivity index (χ4v) is 3.14. The number of nitrogens with one attached hydrogen (secondary N) is 1. The number of rotatable bonds is 2. The van der Waals surface area contributed by atoms with E-state index in [0.29, 0.717) is 0 Å². The molecule has 0 aliphatic carbocycles. The zero-order chi connectivity index (χ0) is 17.8. The molecular formula is C16H14F4N2O3. The fraction of sp³-hybridized carbons (Fsp3) is 0.438. The Morgan fingerprint density at radius 1 is 1.28 bits per heavy atom. The van der Waals surface area contributed by atoms with E-state index in [4.69, 9.17) is 9.15 Å². The van der Waals surface area contributed by atoms with Gasteiger partial charge >= 0.3 is 6.18 Å². The van der Waals surface area contributed by atoms with E-state index < -0.39 is 23.3 Å². The molecule has 1 fully saturated rings. The molecule has 0 spiro atoms. The summed E-state index contributed by atoms with van der Waals surface area (Å²) in [6, 6.07) is 3.01. The van der Waals surface area contributed by atoms with Gasteiger partial charge in [0.1, 0.15) is 5.58 Å². The van der Waals surface area contributed by atoms with Crippen LogP contribution in [-0.4, -0.2) is 44.4 Å². The molecule has 1 saturated heterocycles. The molecule has 25 heavy (non-hydrogen) atoms. The molecule has 2 aliphatic heterocycles. The van der Waals surface area contributed by atoms with Crippen LogP contribution in [-0.2, 0) is 10.9 Å². The van der Waals surface area contributed by atoms with Crippen LogP contribution in [0.2, 0.25) is 0 Å². The lowest BCUT2D eigenvalue weighted by atomic mass is 10.0. The van der Waals surface area contributed by atoms with E-state index in [9.17, 15) is 22.4 Å². The van der Waals surface area contributed by atoms with Gasteiger partial charge in [-0.25, -0.2) is 4.39 Å². The summed E-state index contributed by atoms with van der Waals surface area (Å²) in [4.78, 5) is 13.7. The minimum absolute atomic E-state index is 0.0796. The number of amides is 1. The lowest BCUT2D eigenvalue weighted by Crippen LogP contribution is -2.54. The number of anilines is 1. The Kier molecular flexibility index (Phi) is 3.47. The molecule has 3 heterocycles. The molecule has 2 aliphatic rings. The minimum atomic E-state index is -4.53. The molecule has 134 valence electrons. The Hall–Kier alpha value is -2.29. The first-order valence-corrected chi connectivity index (χ1v) is 7.70. The SMILES string of the molecule is O=C1NCCN(CC2(F)COC2)c2c1oc1ccc(C(F)(F)F)cc21. The standard InChI is InChI=1S/C16H14F4N2O3/c17-15(7-24-8-15)6-22-4-3-21-14(23)13-12(22)10-5-9(16(18,19)20)1-2-11(10)25-13/h1-2,5H,3-4,6-8H2,(H,21,23). The van der Waals surface area contributed by atoms with Gasteiger partial charge in [-0.15, -0.1) is 0 Å². The highest BCUT2D eigenvalue weighted by atomic mass is 19.4. The highest BCUT2D eigenvalue weighted by molar-refractivity contribution is 6.07. The predicted octanol–water partition coefficient (Wildman–Crippen LogP) is 2.74. The number of carbonyl (C=O) groups excluding carboxylic acids is 1. The van der Waals surface area contributed by atoms with E-state index in [0.717, 1.165) is 12.1 Å². The van der Waals surface area contributed by atoms with Crippen molar-refractivity contribution in [2.75, 3.05) is 37.7 Å². The van der Waals surface area contributed by atoms with Crippen LogP contribution in [0.3, 0.4) is 0 Å². The van der Waals surface area contributed by atoms with Crippen molar-refractivity contribution in [3.8, 4) is 0 Å². The van der Waals surface area contributed by atoms with Gasteiger partial charge in [-0.05, 0) is 18.2 Å². The van der Waals surface area contributed by atoms with Crippen LogP contribution in [0, 0.1) is 0 Å². The van der Waals surface area contributed by atoms with E-state index in [1.54, 1.807) is 4.90 Å². The zero-order valence-electron chi connectivity index (χ0n) is 13.0. The van der Waals surface area contributed by atoms with Crippen LogP contribution in [0.1, 0.15) is 16.1 Å². The molecule has 0 bridgehead atoms. The number of ether oxygens (including phenoxy) is 1. The molecular weight excluding hydrogens is 344 g/mol. The summed E-state index contributed by atoms with van der Waals surface area (Å²) in [6.45, 7) is 0.253. The lowest BCUT2D eigenvalue weighted by molar-refractivity contribution is -0.137. The number of furan rings is 1. The molecule has 0 saturated carbocycles. The maximum Gasteiger partial charge on any atom is 0.416 e. The van der Waals surface area contributed by atoms with Crippen molar-refractivity contribution in [2.45, 2.75) is 11.8 Å². The third-order valence-corrected chi connectivity index (χ3v) is 4.37. The van der Waals surface area contributed by atoms with E-state index in [1.807, 2.05) is 0 Å². The maximum absolute atomic E-state index is 14.5. The van der Waals surface area contributed by atoms with E-state index >= 15 is 0 Å². The fourth-order valence-electron chi connectivity index (χ4n) is 3.14. The minimum Gasteiger partial charge on any atom is -0.449 e. The normalized spacial score (nSPS) is 20.0. The number of carbonyl (C=O) groups is 1. The molecule has 4 rings (SSSR count). The Morgan fingerprint density at radius 2 is 2.04 bits per heavy atom. The molecule has 1 amide bonds. The number of benzene rings is 1. The largest absolute Gasteiger partial charge is 0.449 e. The topological polar surface area (TPSA) is 54.7 Å². The molecule has 2 aromatic rings. The molecule has 1 aromatic heterocycles. The van der Waals surface area contributed by atoms with Gasteiger partial charge in [0, 0.05) is 18.5 Å². The molecule has 1 N–H and O–H groups in total. The van der Waals surface area contributed by atoms with Crippen LogP contribution < -0.4 is 10.2 Å². The number of nitrogens with zero attached hydrogens (tertiary/aromatic N) is 1. The maximum atomic E-state index is 14.5. The van der Waals surface area contributed by atoms with Gasteiger partial charge in [0.25, 0.3) is 5.91 Å². The summed E-state index contributed by atoms with van der Waals surface area (Å²) in [7, 11) is 0. The van der Waals surface area contributed by atoms with Gasteiger partial charge in [0.05, 0.1) is 31.0 Å². The van der Waals surface area contributed by atoms with Crippen molar-refractivity contribution in [1.82, 2.24) is 5.32 Å². The molecule has 0 radical (unpaired) electrons. The van der Waals surface area contributed by atoms with Gasteiger partial charge < -0.3 is 19.4 Å². The van der Waals surface area contributed by atoms with E-state index in [1.165, 1.54) is 6.07 Å². The van der Waals surface area contributed by atoms with Crippen molar-refractivity contribution < 1.29 is 31.5 Å². The summed E-state index contributed by atoms with van der Waals surface area (Å²) in [5.41, 5.74) is -2.09.